The average Bonchev–Trinajstić information content (AvgIpc) is 2.72. The fourth-order valence-corrected chi connectivity index (χ4v) is 2.54. The molecule has 0 radical (unpaired) electrons. The number of nitrogens with zero attached hydrogens (tertiary/aromatic N) is 1. The summed E-state index contributed by atoms with van der Waals surface area (Å²) in [6, 6.07) is 8.13. The van der Waals surface area contributed by atoms with Crippen LogP contribution in [0, 0.1) is 6.92 Å². The van der Waals surface area contributed by atoms with Gasteiger partial charge in [0.25, 0.3) is 0 Å². The molecule has 1 aromatic heterocycles. The highest BCUT2D eigenvalue weighted by Crippen LogP contribution is 2.30. The Hall–Kier alpha value is -1.48. The summed E-state index contributed by atoms with van der Waals surface area (Å²) >= 11 is 1.48. The minimum absolute atomic E-state index is 0.565. The highest BCUT2D eigenvalue weighted by atomic mass is 32.1. The lowest BCUT2D eigenvalue weighted by Gasteiger charge is -2.03. The van der Waals surface area contributed by atoms with Crippen LogP contribution in [0.1, 0.15) is 27.2 Å². The van der Waals surface area contributed by atoms with Gasteiger partial charge in [0.15, 0.2) is 11.3 Å². The summed E-state index contributed by atoms with van der Waals surface area (Å²) in [4.78, 5) is 16.3. The average molecular weight is 231 g/mol. The van der Waals surface area contributed by atoms with Crippen molar-refractivity contribution in [3.63, 3.8) is 0 Å². The van der Waals surface area contributed by atoms with Crippen LogP contribution in [0.15, 0.2) is 24.3 Å². The van der Waals surface area contributed by atoms with E-state index in [0.717, 1.165) is 24.0 Å². The molecule has 0 amide bonds. The Morgan fingerprint density at radius 2 is 2.12 bits per heavy atom. The number of aryl methyl sites for hydroxylation is 2. The van der Waals surface area contributed by atoms with Crippen molar-refractivity contribution in [2.24, 2.45) is 0 Å². The standard InChI is InChI=1S/C13H13NOS/c1-3-11-13(14-12(8-15)16-11)10-7-5-4-6-9(10)2/h4-8H,3H2,1-2H3. The largest absolute Gasteiger partial charge is 0.295 e. The maximum Gasteiger partial charge on any atom is 0.178 e. The molecule has 0 saturated heterocycles. The van der Waals surface area contributed by atoms with Gasteiger partial charge in [-0.05, 0) is 18.9 Å². The molecule has 16 heavy (non-hydrogen) atoms. The number of rotatable bonds is 3. The topological polar surface area (TPSA) is 30.0 Å². The summed E-state index contributed by atoms with van der Waals surface area (Å²) in [6.45, 7) is 4.15. The van der Waals surface area contributed by atoms with E-state index in [2.05, 4.69) is 31.0 Å². The third kappa shape index (κ3) is 1.91. The van der Waals surface area contributed by atoms with Crippen LogP contribution in [-0.4, -0.2) is 11.3 Å². The fourth-order valence-electron chi connectivity index (χ4n) is 1.71. The first-order valence-corrected chi connectivity index (χ1v) is 6.08. The quantitative estimate of drug-likeness (QED) is 0.757. The zero-order chi connectivity index (χ0) is 11.5. The minimum Gasteiger partial charge on any atom is -0.295 e. The molecule has 0 unspecified atom stereocenters. The van der Waals surface area contributed by atoms with E-state index in [1.807, 2.05) is 12.1 Å². The number of aromatic nitrogens is 1. The number of hydrogen-bond acceptors (Lipinski definition) is 3. The van der Waals surface area contributed by atoms with Gasteiger partial charge in [-0.15, -0.1) is 11.3 Å². The van der Waals surface area contributed by atoms with Crippen LogP contribution in [0.5, 0.6) is 0 Å². The Kier molecular flexibility index (Phi) is 3.15. The normalized spacial score (nSPS) is 10.4. The molecule has 82 valence electrons. The third-order valence-electron chi connectivity index (χ3n) is 2.54. The second-order valence-corrected chi connectivity index (χ2v) is 4.73. The maximum absolute atomic E-state index is 10.8. The minimum atomic E-state index is 0.565. The van der Waals surface area contributed by atoms with Crippen LogP contribution in [0.3, 0.4) is 0 Å². The van der Waals surface area contributed by atoms with Crippen LogP contribution in [0.25, 0.3) is 11.3 Å². The van der Waals surface area contributed by atoms with Crippen LogP contribution < -0.4 is 0 Å². The number of aldehydes is 1. The molecule has 0 saturated carbocycles. The fraction of sp³-hybridized carbons (Fsp3) is 0.231. The predicted molar refractivity (Wildman–Crippen MR) is 67.1 cm³/mol. The van der Waals surface area contributed by atoms with Crippen molar-refractivity contribution >= 4 is 17.6 Å². The van der Waals surface area contributed by atoms with Gasteiger partial charge < -0.3 is 0 Å². The van der Waals surface area contributed by atoms with Crippen molar-refractivity contribution in [1.29, 1.82) is 0 Å². The van der Waals surface area contributed by atoms with E-state index < -0.39 is 0 Å². The van der Waals surface area contributed by atoms with Crippen molar-refractivity contribution < 1.29 is 4.79 Å². The highest BCUT2D eigenvalue weighted by molar-refractivity contribution is 7.13. The van der Waals surface area contributed by atoms with Gasteiger partial charge in [0.2, 0.25) is 0 Å². The van der Waals surface area contributed by atoms with E-state index in [4.69, 9.17) is 0 Å². The first-order valence-electron chi connectivity index (χ1n) is 5.27. The maximum atomic E-state index is 10.8. The summed E-state index contributed by atoms with van der Waals surface area (Å²) in [5.41, 5.74) is 3.29. The summed E-state index contributed by atoms with van der Waals surface area (Å²) in [5, 5.41) is 0.565. The molecule has 0 spiro atoms. The summed E-state index contributed by atoms with van der Waals surface area (Å²) in [5.74, 6) is 0. The number of carbonyl (C=O) groups excluding carboxylic acids is 1. The number of carbonyl (C=O) groups is 1. The van der Waals surface area contributed by atoms with Crippen LogP contribution in [0.4, 0.5) is 0 Å². The Bertz CT molecular complexity index is 516. The Labute approximate surface area is 99.0 Å². The second kappa shape index (κ2) is 4.58. The molecule has 0 atom stereocenters. The number of thiazole rings is 1. The molecule has 3 heteroatoms. The van der Waals surface area contributed by atoms with E-state index >= 15 is 0 Å². The van der Waals surface area contributed by atoms with Gasteiger partial charge in [0.1, 0.15) is 0 Å². The zero-order valence-electron chi connectivity index (χ0n) is 9.36. The molecule has 1 aromatic carbocycles. The lowest BCUT2D eigenvalue weighted by Crippen LogP contribution is -1.87. The molecule has 2 rings (SSSR count). The van der Waals surface area contributed by atoms with Gasteiger partial charge in [-0.3, -0.25) is 4.79 Å². The van der Waals surface area contributed by atoms with Crippen molar-refractivity contribution in [3.05, 3.63) is 39.7 Å². The molecule has 2 nitrogen and oxygen atoms in total. The molecule has 0 N–H and O–H groups in total. The molecule has 0 bridgehead atoms. The third-order valence-corrected chi connectivity index (χ3v) is 3.66. The smallest absolute Gasteiger partial charge is 0.178 e. The van der Waals surface area contributed by atoms with Crippen LogP contribution in [-0.2, 0) is 6.42 Å². The zero-order valence-corrected chi connectivity index (χ0v) is 10.2. The molecule has 2 aromatic rings. The Balaban J connectivity index is 2.59. The molecular weight excluding hydrogens is 218 g/mol. The predicted octanol–water partition coefficient (Wildman–Crippen LogP) is 3.49. The van der Waals surface area contributed by atoms with Crippen molar-refractivity contribution in [3.8, 4) is 11.3 Å². The SMILES string of the molecule is CCc1sc(C=O)nc1-c1ccccc1C. The first-order chi connectivity index (χ1) is 7.76. The van der Waals surface area contributed by atoms with Crippen molar-refractivity contribution in [2.75, 3.05) is 0 Å². The van der Waals surface area contributed by atoms with Crippen molar-refractivity contribution in [1.82, 2.24) is 4.98 Å². The monoisotopic (exact) mass is 231 g/mol. The summed E-state index contributed by atoms with van der Waals surface area (Å²) < 4.78 is 0. The molecule has 0 aliphatic carbocycles. The second-order valence-electron chi connectivity index (χ2n) is 3.61. The summed E-state index contributed by atoms with van der Waals surface area (Å²) in [6.07, 6.45) is 1.74. The molecule has 0 aliphatic rings. The van der Waals surface area contributed by atoms with Crippen LogP contribution in [0.2, 0.25) is 0 Å². The van der Waals surface area contributed by atoms with Crippen molar-refractivity contribution in [2.45, 2.75) is 20.3 Å². The van der Waals surface area contributed by atoms with Gasteiger partial charge >= 0.3 is 0 Å². The van der Waals surface area contributed by atoms with Gasteiger partial charge in [-0.2, -0.15) is 0 Å². The molecule has 1 heterocycles. The lowest BCUT2D eigenvalue weighted by atomic mass is 10.0. The van der Waals surface area contributed by atoms with E-state index in [0.29, 0.717) is 5.01 Å². The van der Waals surface area contributed by atoms with E-state index in [9.17, 15) is 4.79 Å². The van der Waals surface area contributed by atoms with Gasteiger partial charge in [0, 0.05) is 10.4 Å². The van der Waals surface area contributed by atoms with Gasteiger partial charge in [0.05, 0.1) is 5.69 Å². The highest BCUT2D eigenvalue weighted by Gasteiger charge is 2.12. The molecule has 0 fully saturated rings. The molecular formula is C13H13NOS. The number of hydrogen-bond donors (Lipinski definition) is 0. The lowest BCUT2D eigenvalue weighted by molar-refractivity contribution is 0.112. The first kappa shape index (κ1) is 11.0. The summed E-state index contributed by atoms with van der Waals surface area (Å²) in [7, 11) is 0. The number of benzene rings is 1. The Morgan fingerprint density at radius 3 is 2.75 bits per heavy atom. The van der Waals surface area contributed by atoms with Gasteiger partial charge in [-0.1, -0.05) is 31.2 Å². The van der Waals surface area contributed by atoms with E-state index in [-0.39, 0.29) is 0 Å². The van der Waals surface area contributed by atoms with E-state index in [1.165, 1.54) is 21.8 Å². The van der Waals surface area contributed by atoms with Gasteiger partial charge in [-0.25, -0.2) is 4.98 Å². The molecule has 0 aliphatic heterocycles. The van der Waals surface area contributed by atoms with E-state index in [1.54, 1.807) is 0 Å². The Morgan fingerprint density at radius 1 is 1.38 bits per heavy atom. The van der Waals surface area contributed by atoms with Crippen LogP contribution >= 0.6 is 11.3 Å².